The summed E-state index contributed by atoms with van der Waals surface area (Å²) in [7, 11) is 0. The Labute approximate surface area is 128 Å². The van der Waals surface area contributed by atoms with Crippen LogP contribution < -0.4 is 5.32 Å². The number of hydrogen-bond donors (Lipinski definition) is 1. The average Bonchev–Trinajstić information content (AvgIpc) is 2.49. The molecule has 1 aliphatic heterocycles. The molecule has 112 valence electrons. The van der Waals surface area contributed by atoms with E-state index >= 15 is 0 Å². The van der Waals surface area contributed by atoms with Crippen LogP contribution in [0.1, 0.15) is 33.1 Å². The van der Waals surface area contributed by atoms with Gasteiger partial charge in [-0.2, -0.15) is 0 Å². The lowest BCUT2D eigenvalue weighted by Crippen LogP contribution is -2.56. The van der Waals surface area contributed by atoms with Crippen LogP contribution in [0.5, 0.6) is 0 Å². The molecule has 1 heterocycles. The zero-order chi connectivity index (χ0) is 14.2. The highest BCUT2D eigenvalue weighted by molar-refractivity contribution is 7.99. The number of nitrogens with zero attached hydrogens (tertiary/aromatic N) is 1. The maximum absolute atomic E-state index is 3.71. The Bertz CT molecular complexity index is 369. The molecule has 0 amide bonds. The Hall–Kier alpha value is -0.510. The third kappa shape index (κ3) is 4.80. The molecular weight excluding hydrogens is 264 g/mol. The summed E-state index contributed by atoms with van der Waals surface area (Å²) in [5.41, 5.74) is 0. The van der Waals surface area contributed by atoms with E-state index in [1.54, 1.807) is 0 Å². The summed E-state index contributed by atoms with van der Waals surface area (Å²) in [6, 6.07) is 12.2. The first-order valence-electron chi connectivity index (χ1n) is 7.98. The van der Waals surface area contributed by atoms with Crippen molar-refractivity contribution in [1.29, 1.82) is 0 Å². The van der Waals surface area contributed by atoms with Crippen LogP contribution in [0.2, 0.25) is 0 Å². The van der Waals surface area contributed by atoms with E-state index in [4.69, 9.17) is 0 Å². The zero-order valence-electron chi connectivity index (χ0n) is 12.8. The number of thioether (sulfide) groups is 1. The van der Waals surface area contributed by atoms with Gasteiger partial charge in [-0.05, 0) is 25.0 Å². The first-order valence-corrected chi connectivity index (χ1v) is 8.97. The molecule has 2 nitrogen and oxygen atoms in total. The molecule has 0 bridgehead atoms. The second kappa shape index (κ2) is 8.71. The molecule has 1 saturated heterocycles. The molecule has 0 aromatic heterocycles. The van der Waals surface area contributed by atoms with Gasteiger partial charge in [0.1, 0.15) is 0 Å². The summed E-state index contributed by atoms with van der Waals surface area (Å²) in [4.78, 5) is 4.09. The molecule has 2 unspecified atom stereocenters. The molecule has 0 saturated carbocycles. The number of benzene rings is 1. The molecule has 20 heavy (non-hydrogen) atoms. The average molecular weight is 292 g/mol. The maximum Gasteiger partial charge on any atom is 0.0219 e. The van der Waals surface area contributed by atoms with Gasteiger partial charge in [-0.25, -0.2) is 0 Å². The monoisotopic (exact) mass is 292 g/mol. The molecular formula is C17H28N2S. The Morgan fingerprint density at radius 3 is 2.75 bits per heavy atom. The fourth-order valence-corrected chi connectivity index (χ4v) is 3.86. The minimum Gasteiger partial charge on any atom is -0.311 e. The SMILES string of the molecule is CCCC1CN(CCSc2ccccc2)C(CC)CN1. The highest BCUT2D eigenvalue weighted by atomic mass is 32.2. The van der Waals surface area contributed by atoms with Crippen LogP contribution in [0, 0.1) is 0 Å². The van der Waals surface area contributed by atoms with Gasteiger partial charge < -0.3 is 5.32 Å². The Kier molecular flexibility index (Phi) is 6.91. The van der Waals surface area contributed by atoms with Crippen molar-refractivity contribution in [1.82, 2.24) is 10.2 Å². The molecule has 2 rings (SSSR count). The molecule has 2 atom stereocenters. The molecule has 1 fully saturated rings. The van der Waals surface area contributed by atoms with E-state index in [2.05, 4.69) is 54.4 Å². The number of hydrogen-bond acceptors (Lipinski definition) is 3. The third-order valence-corrected chi connectivity index (χ3v) is 5.10. The molecule has 1 N–H and O–H groups in total. The van der Waals surface area contributed by atoms with Gasteiger partial charge in [-0.3, -0.25) is 4.90 Å². The second-order valence-corrected chi connectivity index (χ2v) is 6.78. The van der Waals surface area contributed by atoms with Crippen molar-refractivity contribution >= 4 is 11.8 Å². The zero-order valence-corrected chi connectivity index (χ0v) is 13.7. The quantitative estimate of drug-likeness (QED) is 0.773. The number of rotatable bonds is 7. The van der Waals surface area contributed by atoms with Gasteiger partial charge in [0, 0.05) is 42.4 Å². The second-order valence-electron chi connectivity index (χ2n) is 5.61. The summed E-state index contributed by atoms with van der Waals surface area (Å²) < 4.78 is 0. The summed E-state index contributed by atoms with van der Waals surface area (Å²) in [6.07, 6.45) is 3.83. The van der Waals surface area contributed by atoms with Gasteiger partial charge in [-0.1, -0.05) is 38.5 Å². The molecule has 0 aliphatic carbocycles. The first kappa shape index (κ1) is 15.9. The molecule has 0 spiro atoms. The van der Waals surface area contributed by atoms with Gasteiger partial charge >= 0.3 is 0 Å². The van der Waals surface area contributed by atoms with Crippen LogP contribution in [-0.4, -0.2) is 42.4 Å². The fraction of sp³-hybridized carbons (Fsp3) is 0.647. The minimum absolute atomic E-state index is 0.699. The fourth-order valence-electron chi connectivity index (χ4n) is 2.94. The third-order valence-electron chi connectivity index (χ3n) is 4.11. The van der Waals surface area contributed by atoms with Crippen molar-refractivity contribution in [2.75, 3.05) is 25.4 Å². The van der Waals surface area contributed by atoms with Crippen molar-refractivity contribution in [3.05, 3.63) is 30.3 Å². The van der Waals surface area contributed by atoms with Crippen molar-refractivity contribution in [3.63, 3.8) is 0 Å². The molecule has 3 heteroatoms. The minimum atomic E-state index is 0.699. The Morgan fingerprint density at radius 2 is 2.05 bits per heavy atom. The van der Waals surface area contributed by atoms with Gasteiger partial charge in [-0.15, -0.1) is 11.8 Å². The van der Waals surface area contributed by atoms with Gasteiger partial charge in [0.25, 0.3) is 0 Å². The van der Waals surface area contributed by atoms with Gasteiger partial charge in [0.2, 0.25) is 0 Å². The molecule has 1 aromatic rings. The first-order chi connectivity index (χ1) is 9.83. The molecule has 1 aliphatic rings. The van der Waals surface area contributed by atoms with Crippen LogP contribution >= 0.6 is 11.8 Å². The highest BCUT2D eigenvalue weighted by Crippen LogP contribution is 2.19. The van der Waals surface area contributed by atoms with Crippen LogP contribution in [0.4, 0.5) is 0 Å². The van der Waals surface area contributed by atoms with E-state index < -0.39 is 0 Å². The number of nitrogens with one attached hydrogen (secondary N) is 1. The van der Waals surface area contributed by atoms with E-state index in [9.17, 15) is 0 Å². The van der Waals surface area contributed by atoms with Crippen LogP contribution in [0.15, 0.2) is 35.2 Å². The van der Waals surface area contributed by atoms with Crippen molar-refractivity contribution < 1.29 is 0 Å². The highest BCUT2D eigenvalue weighted by Gasteiger charge is 2.25. The number of piperazine rings is 1. The van der Waals surface area contributed by atoms with E-state index in [0.717, 1.165) is 12.6 Å². The van der Waals surface area contributed by atoms with Gasteiger partial charge in [0.15, 0.2) is 0 Å². The van der Waals surface area contributed by atoms with Crippen LogP contribution in [0.25, 0.3) is 0 Å². The smallest absolute Gasteiger partial charge is 0.0219 e. The topological polar surface area (TPSA) is 15.3 Å². The van der Waals surface area contributed by atoms with Crippen molar-refractivity contribution in [2.24, 2.45) is 0 Å². The summed E-state index contributed by atoms with van der Waals surface area (Å²) in [5.74, 6) is 1.19. The lowest BCUT2D eigenvalue weighted by Gasteiger charge is -2.40. The largest absolute Gasteiger partial charge is 0.311 e. The van der Waals surface area contributed by atoms with E-state index in [-0.39, 0.29) is 0 Å². The molecule has 1 aromatic carbocycles. The lowest BCUT2D eigenvalue weighted by atomic mass is 10.0. The lowest BCUT2D eigenvalue weighted by molar-refractivity contribution is 0.131. The Morgan fingerprint density at radius 1 is 1.25 bits per heavy atom. The summed E-state index contributed by atoms with van der Waals surface area (Å²) in [6.45, 7) is 8.19. The summed E-state index contributed by atoms with van der Waals surface area (Å²) >= 11 is 1.98. The standard InChI is InChI=1S/C17H28N2S/c1-3-8-15-14-19(16(4-2)13-18-15)11-12-20-17-9-6-5-7-10-17/h5-7,9-10,15-16,18H,3-4,8,11-14H2,1-2H3. The van der Waals surface area contributed by atoms with Crippen molar-refractivity contribution in [3.8, 4) is 0 Å². The predicted octanol–water partition coefficient (Wildman–Crippen LogP) is 3.63. The predicted molar refractivity (Wildman–Crippen MR) is 89.5 cm³/mol. The van der Waals surface area contributed by atoms with Crippen LogP contribution in [-0.2, 0) is 0 Å². The normalized spacial score (nSPS) is 23.9. The van der Waals surface area contributed by atoms with E-state index in [1.165, 1.54) is 43.0 Å². The Balaban J connectivity index is 1.79. The van der Waals surface area contributed by atoms with Crippen molar-refractivity contribution in [2.45, 2.75) is 50.1 Å². The van der Waals surface area contributed by atoms with E-state index in [1.807, 2.05) is 11.8 Å². The maximum atomic E-state index is 3.71. The summed E-state index contributed by atoms with van der Waals surface area (Å²) in [5, 5.41) is 3.71. The molecule has 0 radical (unpaired) electrons. The van der Waals surface area contributed by atoms with E-state index in [0.29, 0.717) is 6.04 Å². The van der Waals surface area contributed by atoms with Crippen LogP contribution in [0.3, 0.4) is 0 Å². The van der Waals surface area contributed by atoms with Gasteiger partial charge in [0.05, 0.1) is 0 Å².